The molecule has 6 heteroatoms. The van der Waals surface area contributed by atoms with Crippen LogP contribution in [0.4, 0.5) is 14.5 Å². The zero-order chi connectivity index (χ0) is 13.8. The van der Waals surface area contributed by atoms with Gasteiger partial charge in [0, 0.05) is 0 Å². The minimum atomic E-state index is -1.07. The summed E-state index contributed by atoms with van der Waals surface area (Å²) in [5.41, 5.74) is 0.482. The minimum Gasteiger partial charge on any atom is -0.508 e. The van der Waals surface area contributed by atoms with Gasteiger partial charge >= 0.3 is 0 Å². The number of halogens is 2. The summed E-state index contributed by atoms with van der Waals surface area (Å²) in [5.74, 6) is -2.39. The molecule has 0 aliphatic heterocycles. The topological polar surface area (TPSA) is 62.2 Å². The number of nitrogens with one attached hydrogen (secondary N) is 1. The van der Waals surface area contributed by atoms with Crippen LogP contribution in [0.1, 0.15) is 5.56 Å². The summed E-state index contributed by atoms with van der Waals surface area (Å²) in [5, 5.41) is 11.4. The Morgan fingerprint density at radius 3 is 2.47 bits per heavy atom. The zero-order valence-corrected chi connectivity index (χ0v) is 9.73. The summed E-state index contributed by atoms with van der Waals surface area (Å²) in [6, 6.07) is 8.11. The summed E-state index contributed by atoms with van der Waals surface area (Å²) < 4.78 is 25.8. The van der Waals surface area contributed by atoms with Crippen LogP contribution in [-0.2, 0) is 11.2 Å². The third-order valence-electron chi connectivity index (χ3n) is 2.39. The Morgan fingerprint density at radius 2 is 1.84 bits per heavy atom. The number of nitrogens with zero attached hydrogens (tertiary/aromatic N) is 1. The normalized spacial score (nSPS) is 10.2. The van der Waals surface area contributed by atoms with Gasteiger partial charge in [-0.15, -0.1) is 0 Å². The maximum Gasteiger partial charge on any atom is 0.239 e. The number of pyridine rings is 1. The van der Waals surface area contributed by atoms with E-state index in [2.05, 4.69) is 10.3 Å². The van der Waals surface area contributed by atoms with Crippen LogP contribution in [0.5, 0.6) is 5.75 Å². The summed E-state index contributed by atoms with van der Waals surface area (Å²) in [6.45, 7) is 0. The second-order valence-electron chi connectivity index (χ2n) is 3.86. The molecule has 0 fully saturated rings. The molecule has 0 unspecified atom stereocenters. The second kappa shape index (κ2) is 5.43. The molecule has 0 atom stereocenters. The van der Waals surface area contributed by atoms with Crippen molar-refractivity contribution in [1.82, 2.24) is 4.98 Å². The number of hydrogen-bond acceptors (Lipinski definition) is 3. The van der Waals surface area contributed by atoms with E-state index in [1.165, 1.54) is 12.1 Å². The number of amides is 1. The fraction of sp³-hybridized carbons (Fsp3) is 0.0769. The molecule has 98 valence electrons. The smallest absolute Gasteiger partial charge is 0.239 e. The molecule has 1 amide bonds. The molecule has 0 saturated carbocycles. The van der Waals surface area contributed by atoms with Crippen molar-refractivity contribution < 1.29 is 18.7 Å². The predicted octanol–water partition coefficient (Wildman–Crippen LogP) is 2.25. The van der Waals surface area contributed by atoms with Gasteiger partial charge in [-0.25, -0.2) is 0 Å². The number of aromatic hydroxyl groups is 1. The Bertz CT molecular complexity index is 600. The summed E-state index contributed by atoms with van der Waals surface area (Å²) in [4.78, 5) is 14.6. The van der Waals surface area contributed by atoms with E-state index in [4.69, 9.17) is 5.11 Å². The van der Waals surface area contributed by atoms with E-state index in [1.807, 2.05) is 0 Å². The summed E-state index contributed by atoms with van der Waals surface area (Å²) in [7, 11) is 0. The highest BCUT2D eigenvalue weighted by molar-refractivity contribution is 5.92. The average Bonchev–Trinajstić information content (AvgIpc) is 2.36. The number of benzene rings is 1. The third kappa shape index (κ3) is 3.48. The molecular formula is C13H10F2N2O2. The zero-order valence-electron chi connectivity index (χ0n) is 9.73. The Balaban J connectivity index is 2.03. The fourth-order valence-electron chi connectivity index (χ4n) is 1.50. The maximum atomic E-state index is 13.2. The lowest BCUT2D eigenvalue weighted by molar-refractivity contribution is -0.115. The molecule has 1 aromatic carbocycles. The largest absolute Gasteiger partial charge is 0.508 e. The first-order chi connectivity index (χ1) is 9.04. The molecule has 0 bridgehead atoms. The highest BCUT2D eigenvalue weighted by atomic mass is 19.1. The Morgan fingerprint density at radius 1 is 1.16 bits per heavy atom. The molecule has 1 heterocycles. The van der Waals surface area contributed by atoms with Crippen molar-refractivity contribution in [3.05, 3.63) is 53.9 Å². The van der Waals surface area contributed by atoms with E-state index in [-0.39, 0.29) is 17.9 Å². The van der Waals surface area contributed by atoms with Gasteiger partial charge in [0.2, 0.25) is 17.8 Å². The molecule has 1 aromatic heterocycles. The van der Waals surface area contributed by atoms with Crippen LogP contribution in [0.15, 0.2) is 36.4 Å². The van der Waals surface area contributed by atoms with Crippen molar-refractivity contribution in [3.8, 4) is 5.75 Å². The van der Waals surface area contributed by atoms with E-state index >= 15 is 0 Å². The quantitative estimate of drug-likeness (QED) is 0.836. The van der Waals surface area contributed by atoms with Gasteiger partial charge in [0.1, 0.15) is 5.75 Å². The average molecular weight is 264 g/mol. The first-order valence-corrected chi connectivity index (χ1v) is 5.44. The second-order valence-corrected chi connectivity index (χ2v) is 3.86. The van der Waals surface area contributed by atoms with Crippen LogP contribution in [0, 0.1) is 11.9 Å². The predicted molar refractivity (Wildman–Crippen MR) is 64.6 cm³/mol. The summed E-state index contributed by atoms with van der Waals surface area (Å²) in [6.07, 6.45) is 0.0110. The first-order valence-electron chi connectivity index (χ1n) is 5.44. The van der Waals surface area contributed by atoms with E-state index in [0.717, 1.165) is 12.1 Å². The van der Waals surface area contributed by atoms with Crippen LogP contribution in [-0.4, -0.2) is 16.0 Å². The maximum absolute atomic E-state index is 13.2. The van der Waals surface area contributed by atoms with Crippen molar-refractivity contribution >= 4 is 11.6 Å². The Kier molecular flexibility index (Phi) is 3.70. The number of aromatic nitrogens is 1. The van der Waals surface area contributed by atoms with Crippen molar-refractivity contribution in [2.24, 2.45) is 0 Å². The molecule has 2 aromatic rings. The van der Waals surface area contributed by atoms with Crippen LogP contribution in [0.25, 0.3) is 0 Å². The van der Waals surface area contributed by atoms with Gasteiger partial charge in [0.05, 0.1) is 12.1 Å². The Hall–Kier alpha value is -2.50. The highest BCUT2D eigenvalue weighted by Gasteiger charge is 2.09. The molecule has 0 spiro atoms. The van der Waals surface area contributed by atoms with Crippen LogP contribution >= 0.6 is 0 Å². The van der Waals surface area contributed by atoms with E-state index in [9.17, 15) is 13.6 Å². The number of rotatable bonds is 3. The van der Waals surface area contributed by atoms with Crippen LogP contribution in [0.2, 0.25) is 0 Å². The number of hydrogen-bond donors (Lipinski definition) is 2. The standard InChI is InChI=1S/C13H10F2N2O2/c14-11-6-5-10(13(15)17-11)16-12(19)7-8-1-3-9(18)4-2-8/h1-6,18H,7H2,(H,16,19). The van der Waals surface area contributed by atoms with Crippen LogP contribution in [0.3, 0.4) is 0 Å². The van der Waals surface area contributed by atoms with Crippen molar-refractivity contribution in [2.45, 2.75) is 6.42 Å². The molecule has 2 N–H and O–H groups in total. The highest BCUT2D eigenvalue weighted by Crippen LogP contribution is 2.14. The third-order valence-corrected chi connectivity index (χ3v) is 2.39. The van der Waals surface area contributed by atoms with Gasteiger partial charge in [-0.2, -0.15) is 13.8 Å². The van der Waals surface area contributed by atoms with E-state index in [0.29, 0.717) is 5.56 Å². The molecule has 0 radical (unpaired) electrons. The van der Waals surface area contributed by atoms with Gasteiger partial charge in [0.25, 0.3) is 0 Å². The van der Waals surface area contributed by atoms with Gasteiger partial charge in [0.15, 0.2) is 0 Å². The lowest BCUT2D eigenvalue weighted by Gasteiger charge is -2.06. The van der Waals surface area contributed by atoms with Crippen molar-refractivity contribution in [1.29, 1.82) is 0 Å². The lowest BCUT2D eigenvalue weighted by Crippen LogP contribution is -2.15. The lowest BCUT2D eigenvalue weighted by atomic mass is 10.1. The summed E-state index contributed by atoms with van der Waals surface area (Å²) >= 11 is 0. The molecule has 2 rings (SSSR count). The van der Waals surface area contributed by atoms with E-state index in [1.54, 1.807) is 12.1 Å². The fourth-order valence-corrected chi connectivity index (χ4v) is 1.50. The minimum absolute atomic E-state index is 0.0110. The van der Waals surface area contributed by atoms with E-state index < -0.39 is 17.8 Å². The molecule has 4 nitrogen and oxygen atoms in total. The van der Waals surface area contributed by atoms with Gasteiger partial charge in [-0.05, 0) is 29.8 Å². The SMILES string of the molecule is O=C(Cc1ccc(O)cc1)Nc1ccc(F)nc1F. The monoisotopic (exact) mass is 264 g/mol. The number of carbonyl (C=O) groups is 1. The molecule has 19 heavy (non-hydrogen) atoms. The molecule has 0 aliphatic carbocycles. The van der Waals surface area contributed by atoms with Gasteiger partial charge in [-0.1, -0.05) is 12.1 Å². The van der Waals surface area contributed by atoms with Crippen molar-refractivity contribution in [3.63, 3.8) is 0 Å². The number of carbonyl (C=O) groups excluding carboxylic acids is 1. The Labute approximate surface area is 107 Å². The first kappa shape index (κ1) is 12.9. The van der Waals surface area contributed by atoms with Gasteiger partial charge in [-0.3, -0.25) is 4.79 Å². The number of phenols is 1. The van der Waals surface area contributed by atoms with Gasteiger partial charge < -0.3 is 10.4 Å². The molecule has 0 aliphatic rings. The number of phenolic OH excluding ortho intramolecular Hbond substituents is 1. The van der Waals surface area contributed by atoms with Crippen molar-refractivity contribution in [2.75, 3.05) is 5.32 Å². The number of anilines is 1. The molecular weight excluding hydrogens is 254 g/mol. The molecule has 0 saturated heterocycles. The van der Waals surface area contributed by atoms with Crippen LogP contribution < -0.4 is 5.32 Å².